The third-order valence-electron chi connectivity index (χ3n) is 7.56. The number of methoxy groups -OCH3 is 1. The number of phenolic OH excluding ortho intramolecular Hbond substituents is 3. The van der Waals surface area contributed by atoms with Crippen LogP contribution in [0.1, 0.15) is 0 Å². The van der Waals surface area contributed by atoms with E-state index >= 15 is 0 Å². The average molecular weight is 641 g/mol. The molecule has 5 rings (SSSR count). The molecule has 0 spiro atoms. The summed E-state index contributed by atoms with van der Waals surface area (Å²) in [7, 11) is 1.19. The zero-order valence-electron chi connectivity index (χ0n) is 23.4. The lowest BCUT2D eigenvalue weighted by atomic mass is 9.97. The molecule has 10 atom stereocenters. The Labute approximate surface area is 252 Å². The van der Waals surface area contributed by atoms with E-state index in [1.165, 1.54) is 13.2 Å². The monoisotopic (exact) mass is 640 g/mol. The number of benzene rings is 2. The van der Waals surface area contributed by atoms with E-state index in [-0.39, 0.29) is 33.8 Å². The van der Waals surface area contributed by atoms with E-state index < -0.39 is 97.3 Å². The molecule has 2 aliphatic heterocycles. The highest BCUT2D eigenvalue weighted by molar-refractivity contribution is 5.88. The predicted octanol–water partition coefficient (Wildman–Crippen LogP) is -2.41. The van der Waals surface area contributed by atoms with Gasteiger partial charge in [0, 0.05) is 17.7 Å². The summed E-state index contributed by atoms with van der Waals surface area (Å²) in [5, 5.41) is 101. The second kappa shape index (κ2) is 12.9. The second-order valence-electron chi connectivity index (χ2n) is 10.4. The maximum Gasteiger partial charge on any atom is 0.239 e. The van der Waals surface area contributed by atoms with Crippen LogP contribution in [0.4, 0.5) is 0 Å². The van der Waals surface area contributed by atoms with Crippen molar-refractivity contribution in [2.45, 2.75) is 61.4 Å². The summed E-state index contributed by atoms with van der Waals surface area (Å²) in [4.78, 5) is 13.2. The minimum atomic E-state index is -1.89. The van der Waals surface area contributed by atoms with Crippen LogP contribution in [-0.4, -0.2) is 133 Å². The maximum atomic E-state index is 13.2. The standard InChI is InChI=1S/C28H32O17/c1-40-26-19(35)17-13(33)5-10(6-14(17)42-24(26)9-2-3-11(31)12(32)4-9)41-27-23(39)21(37)25(16(8-30)44-27)45-28-22(38)20(36)18(34)15(7-29)43-28/h2-6,15-16,18,20-23,25,27-34,36-39H,7-8H2,1H3. The molecule has 10 unspecified atom stereocenters. The summed E-state index contributed by atoms with van der Waals surface area (Å²) in [6, 6.07) is 5.77. The van der Waals surface area contributed by atoms with E-state index in [9.17, 15) is 55.9 Å². The van der Waals surface area contributed by atoms with Gasteiger partial charge in [0.05, 0.1) is 20.3 Å². The fraction of sp³-hybridized carbons (Fsp3) is 0.464. The van der Waals surface area contributed by atoms with Crippen molar-refractivity contribution in [1.82, 2.24) is 0 Å². The van der Waals surface area contributed by atoms with Crippen molar-refractivity contribution in [1.29, 1.82) is 0 Å². The van der Waals surface area contributed by atoms with Gasteiger partial charge in [-0.3, -0.25) is 4.79 Å². The van der Waals surface area contributed by atoms with Crippen LogP contribution in [0.2, 0.25) is 0 Å². The van der Waals surface area contributed by atoms with Gasteiger partial charge in [-0.15, -0.1) is 0 Å². The highest BCUT2D eigenvalue weighted by Gasteiger charge is 2.51. The van der Waals surface area contributed by atoms with Gasteiger partial charge in [-0.2, -0.15) is 0 Å². The highest BCUT2D eigenvalue weighted by Crippen LogP contribution is 2.39. The van der Waals surface area contributed by atoms with E-state index in [0.29, 0.717) is 0 Å². The van der Waals surface area contributed by atoms with Crippen LogP contribution in [0.3, 0.4) is 0 Å². The normalized spacial score (nSPS) is 32.0. The van der Waals surface area contributed by atoms with Crippen molar-refractivity contribution >= 4 is 11.0 Å². The van der Waals surface area contributed by atoms with E-state index in [4.69, 9.17) is 28.1 Å². The van der Waals surface area contributed by atoms with Crippen molar-refractivity contribution < 1.29 is 79.2 Å². The molecule has 2 fully saturated rings. The Hall–Kier alpha value is -3.75. The van der Waals surface area contributed by atoms with Crippen LogP contribution in [0.25, 0.3) is 22.3 Å². The molecule has 0 amide bonds. The zero-order chi connectivity index (χ0) is 32.7. The molecule has 0 aliphatic carbocycles. The second-order valence-corrected chi connectivity index (χ2v) is 10.4. The van der Waals surface area contributed by atoms with Crippen molar-refractivity contribution in [3.8, 4) is 40.1 Å². The molecule has 0 bridgehead atoms. The molecule has 10 N–H and O–H groups in total. The molecule has 2 aromatic carbocycles. The molecule has 0 saturated carbocycles. The first kappa shape index (κ1) is 32.6. The van der Waals surface area contributed by atoms with Crippen LogP contribution < -0.4 is 14.9 Å². The first-order valence-electron chi connectivity index (χ1n) is 13.5. The van der Waals surface area contributed by atoms with Crippen molar-refractivity contribution in [3.05, 3.63) is 40.6 Å². The van der Waals surface area contributed by atoms with E-state index in [0.717, 1.165) is 24.3 Å². The third kappa shape index (κ3) is 5.98. The third-order valence-corrected chi connectivity index (χ3v) is 7.56. The van der Waals surface area contributed by atoms with Crippen LogP contribution in [0.5, 0.6) is 28.7 Å². The molecule has 17 heteroatoms. The zero-order valence-corrected chi connectivity index (χ0v) is 23.4. The quantitative estimate of drug-likeness (QED) is 0.115. The largest absolute Gasteiger partial charge is 0.507 e. The van der Waals surface area contributed by atoms with Gasteiger partial charge in [0.25, 0.3) is 0 Å². The Bertz CT molecular complexity index is 1570. The SMILES string of the molecule is COc1c(-c2ccc(O)c(O)c2)oc2cc(OC3OC(CO)C(OC4OC(CO)C(O)C(O)C4O)C(O)C3O)cc(O)c2c1=O. The lowest BCUT2D eigenvalue weighted by Gasteiger charge is -2.45. The van der Waals surface area contributed by atoms with Gasteiger partial charge in [-0.1, -0.05) is 0 Å². The number of aromatic hydroxyl groups is 3. The smallest absolute Gasteiger partial charge is 0.239 e. The molecule has 17 nitrogen and oxygen atoms in total. The van der Waals surface area contributed by atoms with Gasteiger partial charge >= 0.3 is 0 Å². The molecule has 2 saturated heterocycles. The molecular weight excluding hydrogens is 608 g/mol. The number of fused-ring (bicyclic) bond motifs is 1. The number of phenols is 3. The Morgan fingerprint density at radius 2 is 1.42 bits per heavy atom. The first-order chi connectivity index (χ1) is 21.4. The van der Waals surface area contributed by atoms with E-state index in [2.05, 4.69) is 0 Å². The molecule has 45 heavy (non-hydrogen) atoms. The highest BCUT2D eigenvalue weighted by atomic mass is 16.7. The molecule has 3 heterocycles. The number of aliphatic hydroxyl groups is 7. The number of hydrogen-bond acceptors (Lipinski definition) is 17. The van der Waals surface area contributed by atoms with Gasteiger partial charge in [0.15, 0.2) is 23.5 Å². The molecular formula is C28H32O17. The van der Waals surface area contributed by atoms with Crippen LogP contribution >= 0.6 is 0 Å². The Morgan fingerprint density at radius 1 is 0.756 bits per heavy atom. The number of ether oxygens (including phenoxy) is 5. The minimum absolute atomic E-state index is 0.136. The maximum absolute atomic E-state index is 13.2. The fourth-order valence-electron chi connectivity index (χ4n) is 5.15. The summed E-state index contributed by atoms with van der Waals surface area (Å²) in [6.45, 7) is -1.56. The van der Waals surface area contributed by atoms with Crippen molar-refractivity contribution in [2.75, 3.05) is 20.3 Å². The number of rotatable bonds is 8. The summed E-state index contributed by atoms with van der Waals surface area (Å²) in [5.74, 6) is -2.27. The van der Waals surface area contributed by atoms with Gasteiger partial charge in [0.1, 0.15) is 71.3 Å². The van der Waals surface area contributed by atoms with Gasteiger partial charge in [-0.05, 0) is 18.2 Å². The Balaban J connectivity index is 1.41. The van der Waals surface area contributed by atoms with E-state index in [1.54, 1.807) is 0 Å². The van der Waals surface area contributed by atoms with Gasteiger partial charge in [0.2, 0.25) is 17.5 Å². The fourth-order valence-corrected chi connectivity index (χ4v) is 5.15. The molecule has 1 aromatic heterocycles. The average Bonchev–Trinajstić information content (AvgIpc) is 3.01. The first-order valence-corrected chi connectivity index (χ1v) is 13.5. The summed E-state index contributed by atoms with van der Waals surface area (Å²) < 4.78 is 33.1. The van der Waals surface area contributed by atoms with Crippen LogP contribution in [0, 0.1) is 0 Å². The van der Waals surface area contributed by atoms with Gasteiger partial charge in [-0.25, -0.2) is 0 Å². The molecule has 3 aromatic rings. The van der Waals surface area contributed by atoms with Crippen LogP contribution in [0.15, 0.2) is 39.5 Å². The Morgan fingerprint density at radius 3 is 2.07 bits per heavy atom. The lowest BCUT2D eigenvalue weighted by molar-refractivity contribution is -0.352. The molecule has 246 valence electrons. The number of hydrogen-bond donors (Lipinski definition) is 10. The van der Waals surface area contributed by atoms with E-state index in [1.807, 2.05) is 0 Å². The molecule has 2 aliphatic rings. The van der Waals surface area contributed by atoms with Crippen molar-refractivity contribution in [2.24, 2.45) is 0 Å². The minimum Gasteiger partial charge on any atom is -0.507 e. The lowest BCUT2D eigenvalue weighted by Crippen LogP contribution is -2.65. The van der Waals surface area contributed by atoms with Crippen LogP contribution in [-0.2, 0) is 14.2 Å². The topological polar surface area (TPSA) is 279 Å². The van der Waals surface area contributed by atoms with Gasteiger partial charge < -0.3 is 79.2 Å². The summed E-state index contributed by atoms with van der Waals surface area (Å²) >= 11 is 0. The summed E-state index contributed by atoms with van der Waals surface area (Å²) in [5.41, 5.74) is -0.882. The summed E-state index contributed by atoms with van der Waals surface area (Å²) in [6.07, 6.45) is -16.8. The Kier molecular flexibility index (Phi) is 9.38. The number of aliphatic hydroxyl groups excluding tert-OH is 7. The molecule has 0 radical (unpaired) electrons. The van der Waals surface area contributed by atoms with Crippen molar-refractivity contribution in [3.63, 3.8) is 0 Å². The predicted molar refractivity (Wildman–Crippen MR) is 146 cm³/mol.